The molecule has 0 aromatic heterocycles. The zero-order chi connectivity index (χ0) is 81.7. The molecule has 10 rings (SSSR count). The summed E-state index contributed by atoms with van der Waals surface area (Å²) in [6, 6.07) is 0. The summed E-state index contributed by atoms with van der Waals surface area (Å²) in [6.07, 6.45) is 25.6. The highest BCUT2D eigenvalue weighted by atomic mass is 32.2. The second-order valence-corrected chi connectivity index (χ2v) is 17.1. The largest absolute Gasteiger partial charge is 0.483 e. The van der Waals surface area contributed by atoms with Crippen LogP contribution in [0.2, 0.25) is 0 Å². The number of hydrogen-bond donors (Lipinski definition) is 4. The lowest BCUT2D eigenvalue weighted by molar-refractivity contribution is -0.0963. The number of nitrogens with one attached hydrogen (secondary N) is 4. The minimum absolute atomic E-state index is 0.278. The lowest BCUT2D eigenvalue weighted by atomic mass is 10.0. The van der Waals surface area contributed by atoms with Crippen molar-refractivity contribution in [2.75, 3.05) is 141 Å². The van der Waals surface area contributed by atoms with Crippen molar-refractivity contribution in [2.45, 2.75) is 367 Å². The number of thioether (sulfide) groups is 3. The zero-order valence-corrected chi connectivity index (χ0v) is 78.7. The maximum absolute atomic E-state index is 4.92. The lowest BCUT2D eigenvalue weighted by Gasteiger charge is -2.11. The van der Waals surface area contributed by atoms with Gasteiger partial charge in [-0.05, 0) is 63.1 Å². The van der Waals surface area contributed by atoms with E-state index >= 15 is 0 Å². The smallest absolute Gasteiger partial charge is 0.257 e. The highest BCUT2D eigenvalue weighted by Crippen LogP contribution is 2.20. The Labute approximate surface area is 645 Å². The number of nitrogens with zero attached hydrogens (tertiary/aromatic N) is 5. The van der Waals surface area contributed by atoms with E-state index in [4.69, 9.17) is 18.9 Å². The van der Waals surface area contributed by atoms with Gasteiger partial charge in [-0.25, -0.2) is 0 Å². The number of rotatable bonds is 0. The third-order valence-corrected chi connectivity index (χ3v) is 11.6. The number of piperidine rings is 1. The van der Waals surface area contributed by atoms with Crippen LogP contribution in [0.25, 0.3) is 0 Å². The molecule has 0 bridgehead atoms. The fourth-order valence-corrected chi connectivity index (χ4v) is 8.06. The predicted molar refractivity (Wildman–Crippen MR) is 483 cm³/mol. The van der Waals surface area contributed by atoms with Crippen molar-refractivity contribution < 1.29 is 28.5 Å². The maximum atomic E-state index is 4.92. The van der Waals surface area contributed by atoms with Crippen LogP contribution < -0.4 is 21.3 Å². The number of piperazine rings is 1. The van der Waals surface area contributed by atoms with Gasteiger partial charge in [-0.1, -0.05) is 327 Å². The van der Waals surface area contributed by atoms with Crippen molar-refractivity contribution in [1.82, 2.24) is 21.3 Å². The van der Waals surface area contributed by atoms with E-state index in [9.17, 15) is 0 Å². The number of ether oxygens (including phenoxy) is 5. The van der Waals surface area contributed by atoms with Crippen molar-refractivity contribution in [2.24, 2.45) is 25.1 Å². The SMILES string of the molecule is C1=NCCCN1.C1=NCCCO1.C1=NCCCS1.C1=NCCOC1.C1=NOCO1.C1CCCCC1.C1CCNCC1.C1CNCCN1.C1COCOC1.C1CSCSC1.CC.CC.CC.CC.CC.CC.CC.CC.CC.CC.CC.CC.CC.CC.CC.CC.CC.CC.CC.CC. The van der Waals surface area contributed by atoms with Crippen LogP contribution in [0.3, 0.4) is 0 Å². The van der Waals surface area contributed by atoms with Gasteiger partial charge >= 0.3 is 0 Å². The van der Waals surface area contributed by atoms with Crippen molar-refractivity contribution >= 4 is 66.2 Å². The normalized spacial score (nSPS) is 14.4. The standard InChI is InChI=1S/C6H12.C5H11N.C4H10N2.C4H8N2.2C4H7NO.C4H7NS.C4H8O2.C4H8S2.C2H3NO2.20C2H6/c2*1-2-4-6-5-3-1;1-2-6-4-3-5-1;1-2-5-4-6-3-1;1-3-6-4-2-5-1;4*1-2-5-4-6-3-1;1-3-5-2-4-1;20*1-2/h1-6H2;6H,1-5H2;5-6H,1-4H2;4H,1-3H2,(H,5,6);1H,2-4H2;2*4H,1-3H2;2*1-4H2;1H,2H2;20*1-2H3. The predicted octanol–water partition coefficient (Wildman–Crippen LogP) is 26.6. The van der Waals surface area contributed by atoms with Gasteiger partial charge in [-0.2, -0.15) is 23.5 Å². The molecule has 0 atom stereocenters. The molecule has 0 aromatic carbocycles. The number of hydrogen-bond acceptors (Lipinski definition) is 18. The summed E-state index contributed by atoms with van der Waals surface area (Å²) in [4.78, 5) is 20.0. The van der Waals surface area contributed by atoms with Crippen molar-refractivity contribution in [3.05, 3.63) is 0 Å². The first-order valence-electron chi connectivity index (χ1n) is 42.2. The van der Waals surface area contributed by atoms with E-state index in [1.165, 1.54) is 125 Å². The molecule has 10 aliphatic rings. The van der Waals surface area contributed by atoms with Crippen LogP contribution in [-0.2, 0) is 28.5 Å². The first-order chi connectivity index (χ1) is 49.5. The molecule has 5 fully saturated rings. The Balaban J connectivity index is -0.0000000369. The fourth-order valence-electron chi connectivity index (χ4n) is 5.16. The van der Waals surface area contributed by atoms with Gasteiger partial charge in [0.05, 0.1) is 51.5 Å². The molecule has 0 spiro atoms. The molecule has 18 heteroatoms. The number of aliphatic imine (C=N–C) groups is 4. The van der Waals surface area contributed by atoms with E-state index in [0.717, 1.165) is 98.2 Å². The highest BCUT2D eigenvalue weighted by molar-refractivity contribution is 8.16. The second-order valence-electron chi connectivity index (χ2n) is 13.6. The van der Waals surface area contributed by atoms with E-state index in [1.54, 1.807) is 24.3 Å². The van der Waals surface area contributed by atoms with Gasteiger partial charge in [0.15, 0.2) is 6.40 Å². The average molecular weight is 1490 g/mol. The van der Waals surface area contributed by atoms with Gasteiger partial charge in [0, 0.05) is 75.8 Å². The summed E-state index contributed by atoms with van der Waals surface area (Å²) in [6.45, 7) is 96.9. The van der Waals surface area contributed by atoms with E-state index in [0.29, 0.717) is 13.4 Å². The topological polar surface area (TPSA) is 165 Å². The molecular weight excluding hydrogens is 1290 g/mol. The Morgan fingerprint density at radius 2 is 0.697 bits per heavy atom. The van der Waals surface area contributed by atoms with E-state index in [1.807, 2.05) is 282 Å². The van der Waals surface area contributed by atoms with Crippen molar-refractivity contribution in [1.29, 1.82) is 0 Å². The summed E-state index contributed by atoms with van der Waals surface area (Å²) in [7, 11) is 0. The molecule has 1 saturated carbocycles. The molecular formula is C81H201N9O6S3. The highest BCUT2D eigenvalue weighted by Gasteiger charge is 1.98. The molecule has 99 heavy (non-hydrogen) atoms. The summed E-state index contributed by atoms with van der Waals surface area (Å²) in [5, 5.41) is 17.3. The molecule has 1 aliphatic carbocycles. The van der Waals surface area contributed by atoms with Crippen LogP contribution in [0.4, 0.5) is 0 Å². The van der Waals surface area contributed by atoms with Crippen LogP contribution in [-0.4, -0.2) is 172 Å². The van der Waals surface area contributed by atoms with Gasteiger partial charge in [0.1, 0.15) is 6.79 Å². The quantitative estimate of drug-likeness (QED) is 0.181. The Bertz CT molecular complexity index is 736. The molecule has 4 N–H and O–H groups in total. The van der Waals surface area contributed by atoms with Crippen molar-refractivity contribution in [3.8, 4) is 0 Å². The third kappa shape index (κ3) is 261. The molecule has 0 unspecified atom stereocenters. The average Bonchev–Trinajstić information content (AvgIpc) is 4.44. The monoisotopic (exact) mass is 1490 g/mol. The van der Waals surface area contributed by atoms with Gasteiger partial charge in [0.25, 0.3) is 6.79 Å². The van der Waals surface area contributed by atoms with E-state index < -0.39 is 0 Å². The van der Waals surface area contributed by atoms with Crippen LogP contribution in [0, 0.1) is 0 Å². The van der Waals surface area contributed by atoms with E-state index in [2.05, 4.69) is 79.5 Å². The van der Waals surface area contributed by atoms with Gasteiger partial charge in [0.2, 0.25) is 6.40 Å². The Hall–Kier alpha value is -1.64. The van der Waals surface area contributed by atoms with Crippen LogP contribution in [0.15, 0.2) is 25.1 Å². The Kier molecular flexibility index (Phi) is 406. The zero-order valence-electron chi connectivity index (χ0n) is 76.3. The molecule has 15 nitrogen and oxygen atoms in total. The van der Waals surface area contributed by atoms with Gasteiger partial charge in [-0.15, -0.1) is 11.8 Å². The molecule has 624 valence electrons. The molecule has 0 aromatic rings. The maximum Gasteiger partial charge on any atom is 0.257 e. The summed E-state index contributed by atoms with van der Waals surface area (Å²) >= 11 is 5.92. The minimum atomic E-state index is 0.278. The summed E-state index contributed by atoms with van der Waals surface area (Å²) in [5.74, 6) is 4.06. The fraction of sp³-hybridized carbons (Fsp3) is 0.938. The molecule has 9 aliphatic heterocycles. The Morgan fingerprint density at radius 1 is 0.293 bits per heavy atom. The van der Waals surface area contributed by atoms with Gasteiger partial charge in [-0.3, -0.25) is 20.0 Å². The molecule has 0 radical (unpaired) electrons. The first kappa shape index (κ1) is 151. The van der Waals surface area contributed by atoms with Crippen LogP contribution >= 0.6 is 35.3 Å². The third-order valence-electron chi connectivity index (χ3n) is 8.34. The second kappa shape index (κ2) is 266. The lowest BCUT2D eigenvalue weighted by Crippen LogP contribution is -2.39. The molecule has 0 amide bonds. The number of oxime groups is 1. The summed E-state index contributed by atoms with van der Waals surface area (Å²) < 4.78 is 23.8. The minimum Gasteiger partial charge on any atom is -0.483 e. The van der Waals surface area contributed by atoms with Crippen LogP contribution in [0.5, 0.6) is 0 Å². The molecule has 9 heterocycles. The summed E-state index contributed by atoms with van der Waals surface area (Å²) in [5.41, 5.74) is 1.93. The Morgan fingerprint density at radius 3 is 0.798 bits per heavy atom. The molecule has 4 saturated heterocycles. The van der Waals surface area contributed by atoms with Crippen LogP contribution in [0.1, 0.15) is 367 Å². The van der Waals surface area contributed by atoms with Gasteiger partial charge < -0.3 is 49.8 Å². The van der Waals surface area contributed by atoms with Crippen molar-refractivity contribution in [3.63, 3.8) is 0 Å². The first-order valence-corrected chi connectivity index (χ1v) is 45.5. The van der Waals surface area contributed by atoms with E-state index in [-0.39, 0.29) is 6.79 Å².